The molecule has 0 aromatic heterocycles. The van der Waals surface area contributed by atoms with Crippen molar-refractivity contribution in [3.63, 3.8) is 0 Å². The number of nitrogens with one attached hydrogen (secondary N) is 1. The van der Waals surface area contributed by atoms with Crippen molar-refractivity contribution in [2.45, 2.75) is 50.9 Å². The number of carbonyl (C=O) groups is 1. The van der Waals surface area contributed by atoms with Gasteiger partial charge in [0.15, 0.2) is 0 Å². The van der Waals surface area contributed by atoms with Gasteiger partial charge in [-0.25, -0.2) is 0 Å². The van der Waals surface area contributed by atoms with Crippen LogP contribution in [0.4, 0.5) is 0 Å². The molecule has 1 aromatic carbocycles. The predicted molar refractivity (Wildman–Crippen MR) is 92.9 cm³/mol. The first-order valence-corrected chi connectivity index (χ1v) is 7.97. The van der Waals surface area contributed by atoms with E-state index in [-0.39, 0.29) is 30.8 Å². The monoisotopic (exact) mass is 342 g/mol. The molecule has 0 spiro atoms. The van der Waals surface area contributed by atoms with Gasteiger partial charge in [-0.05, 0) is 31.7 Å². The van der Waals surface area contributed by atoms with Gasteiger partial charge in [0.25, 0.3) is 0 Å². The number of methoxy groups -OCH3 is 1. The highest BCUT2D eigenvalue weighted by Crippen LogP contribution is 2.26. The van der Waals surface area contributed by atoms with E-state index in [1.807, 2.05) is 24.3 Å². The van der Waals surface area contributed by atoms with Gasteiger partial charge in [0.2, 0.25) is 5.91 Å². The largest absolute Gasteiger partial charge is 0.490 e. The maximum Gasteiger partial charge on any atom is 0.222 e. The van der Waals surface area contributed by atoms with Crippen molar-refractivity contribution < 1.29 is 14.3 Å². The fourth-order valence-corrected chi connectivity index (χ4v) is 2.69. The van der Waals surface area contributed by atoms with Crippen LogP contribution < -0.4 is 15.8 Å². The number of nitrogens with two attached hydrogens (primary N) is 1. The van der Waals surface area contributed by atoms with Gasteiger partial charge in [-0.2, -0.15) is 0 Å². The summed E-state index contributed by atoms with van der Waals surface area (Å²) in [4.78, 5) is 11.9. The molecule has 1 unspecified atom stereocenters. The summed E-state index contributed by atoms with van der Waals surface area (Å²) in [6.07, 6.45) is 5.07. The molecule has 1 amide bonds. The number of benzene rings is 1. The lowest BCUT2D eigenvalue weighted by atomic mass is 10.2. The summed E-state index contributed by atoms with van der Waals surface area (Å²) in [5, 5.41) is 2.91. The van der Waals surface area contributed by atoms with Crippen LogP contribution in [0, 0.1) is 0 Å². The van der Waals surface area contributed by atoms with Gasteiger partial charge in [0.1, 0.15) is 5.75 Å². The highest BCUT2D eigenvalue weighted by Gasteiger charge is 2.18. The number of halogens is 1. The minimum Gasteiger partial charge on any atom is -0.490 e. The Morgan fingerprint density at radius 3 is 2.70 bits per heavy atom. The lowest BCUT2D eigenvalue weighted by molar-refractivity contribution is -0.123. The number of ether oxygens (including phenoxy) is 2. The SMILES string of the molecule is COC(CN)CC(=O)NCc1ccccc1OC1CCCC1.Cl. The zero-order valence-electron chi connectivity index (χ0n) is 13.6. The Hall–Kier alpha value is -1.30. The molecule has 0 aliphatic heterocycles. The van der Waals surface area contributed by atoms with Crippen molar-refractivity contribution in [1.82, 2.24) is 5.32 Å². The lowest BCUT2D eigenvalue weighted by Gasteiger charge is -2.17. The molecule has 3 N–H and O–H groups in total. The number of amides is 1. The van der Waals surface area contributed by atoms with Gasteiger partial charge in [0.05, 0.1) is 18.6 Å². The zero-order valence-corrected chi connectivity index (χ0v) is 14.4. The molecule has 130 valence electrons. The number of rotatable bonds is 8. The average molecular weight is 343 g/mol. The fourth-order valence-electron chi connectivity index (χ4n) is 2.69. The van der Waals surface area contributed by atoms with Crippen LogP contribution in [0.3, 0.4) is 0 Å². The summed E-state index contributed by atoms with van der Waals surface area (Å²) >= 11 is 0. The van der Waals surface area contributed by atoms with E-state index in [2.05, 4.69) is 5.32 Å². The first-order chi connectivity index (χ1) is 10.7. The molecule has 1 aliphatic rings. The number of hydrogen-bond acceptors (Lipinski definition) is 4. The summed E-state index contributed by atoms with van der Waals surface area (Å²) in [6.45, 7) is 0.800. The first-order valence-electron chi connectivity index (χ1n) is 7.97. The second-order valence-corrected chi connectivity index (χ2v) is 5.71. The molecule has 23 heavy (non-hydrogen) atoms. The van der Waals surface area contributed by atoms with Crippen molar-refractivity contribution in [3.05, 3.63) is 29.8 Å². The summed E-state index contributed by atoms with van der Waals surface area (Å²) in [5.74, 6) is 0.810. The molecule has 0 heterocycles. The fraction of sp³-hybridized carbons (Fsp3) is 0.588. The normalized spacial score (nSPS) is 15.7. The highest BCUT2D eigenvalue weighted by molar-refractivity contribution is 5.85. The molecule has 1 aromatic rings. The van der Waals surface area contributed by atoms with E-state index in [4.69, 9.17) is 15.2 Å². The van der Waals surface area contributed by atoms with E-state index < -0.39 is 0 Å². The van der Waals surface area contributed by atoms with E-state index in [1.54, 1.807) is 7.11 Å². The predicted octanol–water partition coefficient (Wildman–Crippen LogP) is 2.41. The smallest absolute Gasteiger partial charge is 0.222 e. The standard InChI is InChI=1S/C17H26N2O3.ClH/c1-21-15(11-18)10-17(20)19-12-13-6-2-5-9-16(13)22-14-7-3-4-8-14;/h2,5-6,9,14-15H,3-4,7-8,10-12,18H2,1H3,(H,19,20);1H. The van der Waals surface area contributed by atoms with Crippen LogP contribution in [0.25, 0.3) is 0 Å². The highest BCUT2D eigenvalue weighted by atomic mass is 35.5. The molecule has 1 saturated carbocycles. The van der Waals surface area contributed by atoms with Gasteiger partial charge in [-0.1, -0.05) is 18.2 Å². The molecule has 2 rings (SSSR count). The molecule has 1 aliphatic carbocycles. The second kappa shape index (κ2) is 10.5. The molecule has 0 bridgehead atoms. The van der Waals surface area contributed by atoms with Gasteiger partial charge in [-0.3, -0.25) is 4.79 Å². The Morgan fingerprint density at radius 1 is 1.35 bits per heavy atom. The molecular weight excluding hydrogens is 316 g/mol. The molecule has 6 heteroatoms. The van der Waals surface area contributed by atoms with Crippen molar-refractivity contribution in [2.24, 2.45) is 5.73 Å². The Morgan fingerprint density at radius 2 is 2.04 bits per heavy atom. The Bertz CT molecular complexity index is 475. The van der Waals surface area contributed by atoms with Crippen LogP contribution in [-0.2, 0) is 16.1 Å². The van der Waals surface area contributed by atoms with Gasteiger partial charge < -0.3 is 20.5 Å². The topological polar surface area (TPSA) is 73.6 Å². The summed E-state index contributed by atoms with van der Waals surface area (Å²) in [6, 6.07) is 7.88. The van der Waals surface area contributed by atoms with Crippen molar-refractivity contribution in [2.75, 3.05) is 13.7 Å². The minimum atomic E-state index is -0.231. The van der Waals surface area contributed by atoms with Crippen LogP contribution in [0.15, 0.2) is 24.3 Å². The minimum absolute atomic E-state index is 0. The lowest BCUT2D eigenvalue weighted by Crippen LogP contribution is -2.32. The number of carbonyl (C=O) groups excluding carboxylic acids is 1. The van der Waals surface area contributed by atoms with Crippen molar-refractivity contribution in [1.29, 1.82) is 0 Å². The van der Waals surface area contributed by atoms with E-state index in [1.165, 1.54) is 12.8 Å². The van der Waals surface area contributed by atoms with Crippen LogP contribution >= 0.6 is 12.4 Å². The van der Waals surface area contributed by atoms with Crippen LogP contribution in [0.2, 0.25) is 0 Å². The van der Waals surface area contributed by atoms with Crippen LogP contribution in [0.5, 0.6) is 5.75 Å². The number of hydrogen-bond donors (Lipinski definition) is 2. The summed E-state index contributed by atoms with van der Waals surface area (Å²) < 4.78 is 11.2. The maximum atomic E-state index is 11.9. The summed E-state index contributed by atoms with van der Waals surface area (Å²) in [5.41, 5.74) is 6.53. The molecule has 0 saturated heterocycles. The van der Waals surface area contributed by atoms with Gasteiger partial charge in [0, 0.05) is 25.8 Å². The Kier molecular flexibility index (Phi) is 8.99. The van der Waals surface area contributed by atoms with Crippen molar-refractivity contribution >= 4 is 18.3 Å². The van der Waals surface area contributed by atoms with E-state index in [0.29, 0.717) is 19.2 Å². The maximum absolute atomic E-state index is 11.9. The van der Waals surface area contributed by atoms with Crippen LogP contribution in [0.1, 0.15) is 37.7 Å². The average Bonchev–Trinajstić information content (AvgIpc) is 3.04. The van der Waals surface area contributed by atoms with E-state index >= 15 is 0 Å². The third kappa shape index (κ3) is 6.37. The van der Waals surface area contributed by atoms with E-state index in [9.17, 15) is 4.79 Å². The number of para-hydroxylation sites is 1. The molecule has 0 radical (unpaired) electrons. The third-order valence-corrected chi connectivity index (χ3v) is 4.05. The third-order valence-electron chi connectivity index (χ3n) is 4.05. The quantitative estimate of drug-likeness (QED) is 0.761. The first kappa shape index (κ1) is 19.7. The van der Waals surface area contributed by atoms with E-state index in [0.717, 1.165) is 24.2 Å². The Balaban J connectivity index is 0.00000264. The Labute approximate surface area is 144 Å². The van der Waals surface area contributed by atoms with Crippen LogP contribution in [-0.4, -0.2) is 31.8 Å². The zero-order chi connectivity index (χ0) is 15.8. The molecular formula is C17H27ClN2O3. The molecule has 5 nitrogen and oxygen atoms in total. The molecule has 1 fully saturated rings. The van der Waals surface area contributed by atoms with Crippen molar-refractivity contribution in [3.8, 4) is 5.75 Å². The summed E-state index contributed by atoms with van der Waals surface area (Å²) in [7, 11) is 1.57. The second-order valence-electron chi connectivity index (χ2n) is 5.71. The molecule has 1 atom stereocenters. The van der Waals surface area contributed by atoms with Gasteiger partial charge in [-0.15, -0.1) is 12.4 Å². The van der Waals surface area contributed by atoms with Gasteiger partial charge >= 0.3 is 0 Å².